The average Bonchev–Trinajstić information content (AvgIpc) is 3.16. The third-order valence-corrected chi connectivity index (χ3v) is 4.49. The largest absolute Gasteiger partial charge is 0.487 e. The van der Waals surface area contributed by atoms with E-state index in [0.717, 1.165) is 16.5 Å². The van der Waals surface area contributed by atoms with Gasteiger partial charge in [-0.05, 0) is 29.8 Å². The van der Waals surface area contributed by atoms with Crippen molar-refractivity contribution < 1.29 is 13.5 Å². The summed E-state index contributed by atoms with van der Waals surface area (Å²) in [5, 5.41) is 0.955. The van der Waals surface area contributed by atoms with Crippen LogP contribution in [0.5, 0.6) is 5.75 Å². The van der Waals surface area contributed by atoms with Crippen molar-refractivity contribution in [3.8, 4) is 17.3 Å². The Balaban J connectivity index is 1.53. The van der Waals surface area contributed by atoms with Gasteiger partial charge in [0.2, 0.25) is 5.89 Å². The lowest BCUT2D eigenvalue weighted by Crippen LogP contribution is -1.97. The summed E-state index contributed by atoms with van der Waals surface area (Å²) in [6.07, 6.45) is 0. The number of aromatic nitrogens is 2. The second-order valence-electron chi connectivity index (χ2n) is 6.43. The summed E-state index contributed by atoms with van der Waals surface area (Å²) in [7, 11) is 0. The lowest BCUT2D eigenvalue weighted by Gasteiger charge is -2.09. The molecule has 136 valence electrons. The van der Waals surface area contributed by atoms with E-state index >= 15 is 0 Å². The summed E-state index contributed by atoms with van der Waals surface area (Å²) in [4.78, 5) is 9.12. The highest BCUT2D eigenvalue weighted by atomic mass is 19.1. The summed E-state index contributed by atoms with van der Waals surface area (Å²) in [6.45, 7) is 0.452. The Kier molecular flexibility index (Phi) is 3.98. The Hall–Kier alpha value is -3.73. The predicted molar refractivity (Wildman–Crippen MR) is 105 cm³/mol. The van der Waals surface area contributed by atoms with Gasteiger partial charge in [0.15, 0.2) is 5.58 Å². The molecule has 0 aliphatic heterocycles. The zero-order valence-electron chi connectivity index (χ0n) is 14.8. The fourth-order valence-corrected chi connectivity index (χ4v) is 3.10. The van der Waals surface area contributed by atoms with Crippen LogP contribution in [0.4, 0.5) is 4.39 Å². The standard InChI is InChI=1S/C23H15FN2O2/c24-17-10-12-18-21(13-17)28-23(26-18)19-11-9-16-7-4-8-20(22(16)25-19)27-14-15-5-2-1-3-6-15/h1-13H,14H2. The van der Waals surface area contributed by atoms with Crippen molar-refractivity contribution in [2.24, 2.45) is 0 Å². The predicted octanol–water partition coefficient (Wildman–Crippen LogP) is 5.76. The Morgan fingerprint density at radius 2 is 1.75 bits per heavy atom. The van der Waals surface area contributed by atoms with Crippen LogP contribution in [0.2, 0.25) is 0 Å². The normalized spacial score (nSPS) is 11.2. The third-order valence-electron chi connectivity index (χ3n) is 4.49. The molecule has 0 aliphatic carbocycles. The van der Waals surface area contributed by atoms with Crippen LogP contribution in [0.15, 0.2) is 83.3 Å². The molecular formula is C23H15FN2O2. The van der Waals surface area contributed by atoms with Crippen molar-refractivity contribution in [3.63, 3.8) is 0 Å². The van der Waals surface area contributed by atoms with Crippen LogP contribution in [-0.2, 0) is 6.61 Å². The topological polar surface area (TPSA) is 48.2 Å². The Bertz CT molecular complexity index is 1280. The van der Waals surface area contributed by atoms with E-state index in [9.17, 15) is 4.39 Å². The molecule has 2 aromatic heterocycles. The number of hydrogen-bond acceptors (Lipinski definition) is 4. The number of halogens is 1. The van der Waals surface area contributed by atoms with E-state index in [4.69, 9.17) is 14.1 Å². The molecule has 0 saturated carbocycles. The number of pyridine rings is 1. The van der Waals surface area contributed by atoms with Gasteiger partial charge in [0.05, 0.1) is 0 Å². The van der Waals surface area contributed by atoms with E-state index in [-0.39, 0.29) is 5.82 Å². The maximum absolute atomic E-state index is 13.4. The van der Waals surface area contributed by atoms with Gasteiger partial charge in [-0.1, -0.05) is 48.5 Å². The monoisotopic (exact) mass is 370 g/mol. The zero-order chi connectivity index (χ0) is 18.9. The van der Waals surface area contributed by atoms with E-state index in [1.807, 2.05) is 60.7 Å². The summed E-state index contributed by atoms with van der Waals surface area (Å²) >= 11 is 0. The van der Waals surface area contributed by atoms with Crippen LogP contribution < -0.4 is 4.74 Å². The molecule has 0 unspecified atom stereocenters. The molecule has 0 amide bonds. The number of benzene rings is 3. The van der Waals surface area contributed by atoms with Crippen LogP contribution in [0.3, 0.4) is 0 Å². The molecule has 0 atom stereocenters. The summed E-state index contributed by atoms with van der Waals surface area (Å²) < 4.78 is 25.1. The molecule has 0 spiro atoms. The summed E-state index contributed by atoms with van der Waals surface area (Å²) in [6, 6.07) is 23.8. The van der Waals surface area contributed by atoms with E-state index in [1.165, 1.54) is 12.1 Å². The second-order valence-corrected chi connectivity index (χ2v) is 6.43. The first-order chi connectivity index (χ1) is 13.8. The van der Waals surface area contributed by atoms with Gasteiger partial charge >= 0.3 is 0 Å². The maximum atomic E-state index is 13.4. The third kappa shape index (κ3) is 3.07. The Labute approximate surface area is 160 Å². The first-order valence-corrected chi connectivity index (χ1v) is 8.89. The van der Waals surface area contributed by atoms with Gasteiger partial charge in [0.25, 0.3) is 0 Å². The van der Waals surface area contributed by atoms with Gasteiger partial charge in [0.1, 0.15) is 34.9 Å². The smallest absolute Gasteiger partial charge is 0.246 e. The van der Waals surface area contributed by atoms with E-state index in [1.54, 1.807) is 6.07 Å². The minimum Gasteiger partial charge on any atom is -0.487 e. The average molecular weight is 370 g/mol. The van der Waals surface area contributed by atoms with Crippen LogP contribution in [0.1, 0.15) is 5.56 Å². The number of para-hydroxylation sites is 1. The number of hydrogen-bond donors (Lipinski definition) is 0. The number of rotatable bonds is 4. The molecule has 0 bridgehead atoms. The first-order valence-electron chi connectivity index (χ1n) is 8.89. The van der Waals surface area contributed by atoms with Crippen LogP contribution in [0, 0.1) is 5.82 Å². The van der Waals surface area contributed by atoms with E-state index in [2.05, 4.69) is 4.98 Å². The number of fused-ring (bicyclic) bond motifs is 2. The fourth-order valence-electron chi connectivity index (χ4n) is 3.10. The van der Waals surface area contributed by atoms with Crippen LogP contribution in [0.25, 0.3) is 33.6 Å². The van der Waals surface area contributed by atoms with Crippen LogP contribution in [-0.4, -0.2) is 9.97 Å². The molecule has 0 fully saturated rings. The lowest BCUT2D eigenvalue weighted by atomic mass is 10.2. The molecule has 0 N–H and O–H groups in total. The Morgan fingerprint density at radius 3 is 2.64 bits per heavy atom. The molecule has 5 heteroatoms. The van der Waals surface area contributed by atoms with E-state index < -0.39 is 0 Å². The molecule has 5 aromatic rings. The number of oxazole rings is 1. The number of ether oxygens (including phenoxy) is 1. The van der Waals surface area contributed by atoms with Crippen molar-refractivity contribution in [3.05, 3.63) is 90.2 Å². The first kappa shape index (κ1) is 16.4. The van der Waals surface area contributed by atoms with Gasteiger partial charge < -0.3 is 9.15 Å². The van der Waals surface area contributed by atoms with Gasteiger partial charge in [-0.2, -0.15) is 0 Å². The lowest BCUT2D eigenvalue weighted by molar-refractivity contribution is 0.309. The molecule has 0 saturated heterocycles. The molecule has 2 heterocycles. The van der Waals surface area contributed by atoms with Crippen molar-refractivity contribution in [2.45, 2.75) is 6.61 Å². The molecule has 5 rings (SSSR count). The van der Waals surface area contributed by atoms with Crippen molar-refractivity contribution in [1.29, 1.82) is 0 Å². The number of nitrogens with zero attached hydrogens (tertiary/aromatic N) is 2. The van der Waals surface area contributed by atoms with E-state index in [0.29, 0.717) is 35.0 Å². The highest BCUT2D eigenvalue weighted by molar-refractivity contribution is 5.86. The van der Waals surface area contributed by atoms with Gasteiger partial charge in [-0.3, -0.25) is 0 Å². The van der Waals surface area contributed by atoms with Crippen molar-refractivity contribution in [2.75, 3.05) is 0 Å². The molecule has 0 radical (unpaired) electrons. The maximum Gasteiger partial charge on any atom is 0.246 e. The summed E-state index contributed by atoms with van der Waals surface area (Å²) in [5.41, 5.74) is 3.36. The SMILES string of the molecule is Fc1ccc2nc(-c3ccc4cccc(OCc5ccccc5)c4n3)oc2c1. The molecular weight excluding hydrogens is 355 g/mol. The summed E-state index contributed by atoms with van der Waals surface area (Å²) in [5.74, 6) is 0.670. The van der Waals surface area contributed by atoms with Gasteiger partial charge in [-0.15, -0.1) is 0 Å². The second kappa shape index (κ2) is 6.78. The fraction of sp³-hybridized carbons (Fsp3) is 0.0435. The molecule has 0 aliphatic rings. The minimum absolute atomic E-state index is 0.348. The molecule has 4 nitrogen and oxygen atoms in total. The van der Waals surface area contributed by atoms with Crippen molar-refractivity contribution in [1.82, 2.24) is 9.97 Å². The molecule has 28 heavy (non-hydrogen) atoms. The highest BCUT2D eigenvalue weighted by Gasteiger charge is 2.12. The van der Waals surface area contributed by atoms with Crippen LogP contribution >= 0.6 is 0 Å². The highest BCUT2D eigenvalue weighted by Crippen LogP contribution is 2.29. The quantitative estimate of drug-likeness (QED) is 0.403. The minimum atomic E-state index is -0.363. The zero-order valence-corrected chi connectivity index (χ0v) is 14.8. The van der Waals surface area contributed by atoms with Crippen molar-refractivity contribution >= 4 is 22.0 Å². The molecule has 3 aromatic carbocycles. The van der Waals surface area contributed by atoms with Gasteiger partial charge in [0, 0.05) is 11.5 Å². The van der Waals surface area contributed by atoms with Gasteiger partial charge in [-0.25, -0.2) is 14.4 Å². The Morgan fingerprint density at radius 1 is 0.857 bits per heavy atom.